The van der Waals surface area contributed by atoms with Crippen molar-refractivity contribution in [1.82, 2.24) is 0 Å². The number of aryl methyl sites for hydroxylation is 1. The summed E-state index contributed by atoms with van der Waals surface area (Å²) in [6.07, 6.45) is -3.04. The van der Waals surface area contributed by atoms with Crippen molar-refractivity contribution in [2.75, 3.05) is 0 Å². The average molecular weight is 462 g/mol. The minimum Gasteiger partial charge on any atom is -0.423 e. The highest BCUT2D eigenvalue weighted by Crippen LogP contribution is 2.25. The molecule has 0 aromatic heterocycles. The van der Waals surface area contributed by atoms with E-state index in [0.717, 1.165) is 36.0 Å². The fraction of sp³-hybridized carbons (Fsp3) is 0.160. The van der Waals surface area contributed by atoms with E-state index in [1.165, 1.54) is 18.1 Å². The van der Waals surface area contributed by atoms with Gasteiger partial charge in [0.15, 0.2) is 0 Å². The summed E-state index contributed by atoms with van der Waals surface area (Å²) >= 11 is 0. The molecule has 0 heterocycles. The van der Waals surface area contributed by atoms with Gasteiger partial charge in [0.05, 0.1) is 11.1 Å². The lowest BCUT2D eigenvalue weighted by Crippen LogP contribution is -2.11. The molecular formula is C25H16F6O2. The zero-order chi connectivity index (χ0) is 24.2. The highest BCUT2D eigenvalue weighted by Gasteiger charge is 2.24. The van der Waals surface area contributed by atoms with Crippen molar-refractivity contribution in [2.24, 2.45) is 0 Å². The second kappa shape index (κ2) is 9.82. The third-order valence-electron chi connectivity index (χ3n) is 4.57. The van der Waals surface area contributed by atoms with Crippen LogP contribution in [0.15, 0.2) is 54.6 Å². The Bertz CT molecular complexity index is 1210. The van der Waals surface area contributed by atoms with Gasteiger partial charge in [-0.25, -0.2) is 18.0 Å². The fourth-order valence-corrected chi connectivity index (χ4v) is 3.04. The quantitative estimate of drug-likeness (QED) is 0.179. The van der Waals surface area contributed by atoms with Crippen LogP contribution in [-0.2, 0) is 6.42 Å². The summed E-state index contributed by atoms with van der Waals surface area (Å²) in [6.45, 7) is 2.06. The molecule has 170 valence electrons. The summed E-state index contributed by atoms with van der Waals surface area (Å²) < 4.78 is 83.7. The molecule has 0 N–H and O–H groups in total. The third kappa shape index (κ3) is 6.16. The second-order valence-electron chi connectivity index (χ2n) is 7.04. The Morgan fingerprint density at radius 2 is 1.48 bits per heavy atom. The maximum absolute atomic E-state index is 14.5. The van der Waals surface area contributed by atoms with E-state index in [1.54, 1.807) is 0 Å². The van der Waals surface area contributed by atoms with Gasteiger partial charge in [-0.1, -0.05) is 49.6 Å². The number of hydrogen-bond donors (Lipinski definition) is 0. The molecule has 2 nitrogen and oxygen atoms in total. The lowest BCUT2D eigenvalue weighted by Gasteiger charge is -2.09. The molecular weight excluding hydrogens is 446 g/mol. The van der Waals surface area contributed by atoms with Crippen LogP contribution in [0.1, 0.15) is 34.8 Å². The summed E-state index contributed by atoms with van der Waals surface area (Å²) in [7, 11) is 0. The number of halogens is 6. The zero-order valence-corrected chi connectivity index (χ0v) is 17.2. The molecule has 3 aromatic carbocycles. The number of carbonyl (C=O) groups is 1. The molecule has 33 heavy (non-hydrogen) atoms. The molecule has 8 heteroatoms. The highest BCUT2D eigenvalue weighted by atomic mass is 19.4. The van der Waals surface area contributed by atoms with Gasteiger partial charge in [-0.2, -0.15) is 13.2 Å². The summed E-state index contributed by atoms with van der Waals surface area (Å²) in [5, 5.41) is 0. The molecule has 0 atom stereocenters. The molecule has 3 rings (SSSR count). The summed E-state index contributed by atoms with van der Waals surface area (Å²) in [5.74, 6) is -3.61. The van der Waals surface area contributed by atoms with E-state index < -0.39 is 46.5 Å². The fourth-order valence-electron chi connectivity index (χ4n) is 3.04. The Hall–Kier alpha value is -3.73. The zero-order valence-electron chi connectivity index (χ0n) is 17.2. The molecule has 0 aliphatic rings. The molecule has 0 radical (unpaired) electrons. The minimum absolute atomic E-state index is 0.483. The van der Waals surface area contributed by atoms with Gasteiger partial charge in [0.25, 0.3) is 0 Å². The van der Waals surface area contributed by atoms with Crippen molar-refractivity contribution < 1.29 is 35.9 Å². The molecule has 0 spiro atoms. The van der Waals surface area contributed by atoms with Crippen LogP contribution in [0, 0.1) is 29.3 Å². The highest BCUT2D eigenvalue weighted by molar-refractivity contribution is 5.92. The SMILES string of the molecule is CCCc1ccc(-c2ccc(C(=O)Oc3cc(F)c(C#CC(F)(F)F)c(F)c3)c(F)c2)cc1. The molecule has 3 aromatic rings. The second-order valence-corrected chi connectivity index (χ2v) is 7.04. The Morgan fingerprint density at radius 3 is 2.03 bits per heavy atom. The van der Waals surface area contributed by atoms with Crippen molar-refractivity contribution >= 4 is 5.97 Å². The van der Waals surface area contributed by atoms with Gasteiger partial charge < -0.3 is 4.74 Å². The van der Waals surface area contributed by atoms with Crippen molar-refractivity contribution in [3.8, 4) is 28.7 Å². The average Bonchev–Trinajstić information content (AvgIpc) is 2.73. The Labute approximate surface area is 185 Å². The molecule has 0 saturated carbocycles. The molecule has 0 saturated heterocycles. The number of benzene rings is 3. The van der Waals surface area contributed by atoms with Crippen molar-refractivity contribution in [3.63, 3.8) is 0 Å². The first-order chi connectivity index (χ1) is 15.6. The van der Waals surface area contributed by atoms with Crippen molar-refractivity contribution in [3.05, 3.63) is 88.7 Å². The molecule has 0 fully saturated rings. The van der Waals surface area contributed by atoms with Gasteiger partial charge in [-0.15, -0.1) is 0 Å². The number of hydrogen-bond acceptors (Lipinski definition) is 2. The number of rotatable bonds is 5. The number of carbonyl (C=O) groups excluding carboxylic acids is 1. The van der Waals surface area contributed by atoms with E-state index >= 15 is 0 Å². The lowest BCUT2D eigenvalue weighted by atomic mass is 10.0. The molecule has 0 amide bonds. The van der Waals surface area contributed by atoms with Gasteiger partial charge in [0.1, 0.15) is 23.2 Å². The summed E-state index contributed by atoms with van der Waals surface area (Å²) in [6, 6.07) is 12.3. The van der Waals surface area contributed by atoms with Crippen LogP contribution in [0.2, 0.25) is 0 Å². The van der Waals surface area contributed by atoms with Crippen LogP contribution < -0.4 is 4.74 Å². The van der Waals surface area contributed by atoms with Gasteiger partial charge in [-0.3, -0.25) is 0 Å². The first-order valence-electron chi connectivity index (χ1n) is 9.77. The van der Waals surface area contributed by atoms with E-state index in [-0.39, 0.29) is 0 Å². The van der Waals surface area contributed by atoms with E-state index in [4.69, 9.17) is 4.74 Å². The van der Waals surface area contributed by atoms with E-state index in [1.807, 2.05) is 24.3 Å². The van der Waals surface area contributed by atoms with E-state index in [0.29, 0.717) is 17.7 Å². The Morgan fingerprint density at radius 1 is 0.879 bits per heavy atom. The van der Waals surface area contributed by atoms with Gasteiger partial charge in [-0.05, 0) is 35.2 Å². The smallest absolute Gasteiger partial charge is 0.423 e. The molecule has 0 aliphatic carbocycles. The van der Waals surface area contributed by atoms with Crippen LogP contribution in [0.25, 0.3) is 11.1 Å². The van der Waals surface area contributed by atoms with Crippen LogP contribution in [0.5, 0.6) is 5.75 Å². The van der Waals surface area contributed by atoms with E-state index in [9.17, 15) is 31.1 Å². The molecule has 0 aliphatic heterocycles. The van der Waals surface area contributed by atoms with Gasteiger partial charge in [0, 0.05) is 18.1 Å². The van der Waals surface area contributed by atoms with Gasteiger partial charge in [0.2, 0.25) is 0 Å². The minimum atomic E-state index is -4.94. The van der Waals surface area contributed by atoms with Crippen LogP contribution in [-0.4, -0.2) is 12.1 Å². The monoisotopic (exact) mass is 462 g/mol. The maximum atomic E-state index is 14.5. The predicted octanol–water partition coefficient (Wildman–Crippen LogP) is 6.86. The number of esters is 1. The van der Waals surface area contributed by atoms with Crippen molar-refractivity contribution in [2.45, 2.75) is 25.9 Å². The van der Waals surface area contributed by atoms with Crippen LogP contribution >= 0.6 is 0 Å². The topological polar surface area (TPSA) is 26.3 Å². The molecule has 0 unspecified atom stereocenters. The third-order valence-corrected chi connectivity index (χ3v) is 4.57. The summed E-state index contributed by atoms with van der Waals surface area (Å²) in [4.78, 5) is 12.3. The Balaban J connectivity index is 1.79. The first kappa shape index (κ1) is 23.9. The predicted molar refractivity (Wildman–Crippen MR) is 110 cm³/mol. The molecule has 0 bridgehead atoms. The number of alkyl halides is 3. The first-order valence-corrected chi connectivity index (χ1v) is 9.77. The van der Waals surface area contributed by atoms with Crippen molar-refractivity contribution in [1.29, 1.82) is 0 Å². The Kier molecular flexibility index (Phi) is 7.12. The standard InChI is InChI=1S/C25H16F6O2/c1-2-3-15-4-6-16(7-5-15)17-8-9-20(21(26)12-17)24(32)33-18-13-22(27)19(23(28)14-18)10-11-25(29,30)31/h4-9,12-14H,2-3H2,1H3. The van der Waals surface area contributed by atoms with E-state index in [2.05, 4.69) is 6.92 Å². The number of ether oxygens (including phenoxy) is 1. The maximum Gasteiger partial charge on any atom is 0.458 e. The van der Waals surface area contributed by atoms with Gasteiger partial charge >= 0.3 is 12.1 Å². The normalized spacial score (nSPS) is 11.0. The summed E-state index contributed by atoms with van der Waals surface area (Å²) in [5.41, 5.74) is 0.762. The lowest BCUT2D eigenvalue weighted by molar-refractivity contribution is -0.0696. The van der Waals surface area contributed by atoms with Crippen LogP contribution in [0.4, 0.5) is 26.3 Å². The van der Waals surface area contributed by atoms with Crippen LogP contribution in [0.3, 0.4) is 0 Å². The largest absolute Gasteiger partial charge is 0.458 e.